The van der Waals surface area contributed by atoms with Gasteiger partial charge in [0.05, 0.1) is 40.1 Å². The summed E-state index contributed by atoms with van der Waals surface area (Å²) in [6, 6.07) is 28.5. The van der Waals surface area contributed by atoms with Crippen LogP contribution in [0.2, 0.25) is 0 Å². The molecule has 8 nitrogen and oxygen atoms in total. The predicted molar refractivity (Wildman–Crippen MR) is 223 cm³/mol. The van der Waals surface area contributed by atoms with Crippen LogP contribution in [0.3, 0.4) is 0 Å². The van der Waals surface area contributed by atoms with Gasteiger partial charge in [-0.15, -0.1) is 0 Å². The molecule has 1 atom stereocenters. The van der Waals surface area contributed by atoms with E-state index in [1.54, 1.807) is 0 Å². The van der Waals surface area contributed by atoms with Gasteiger partial charge in [0.25, 0.3) is 0 Å². The largest absolute Gasteiger partial charge is 0.493 e. The Kier molecular flexibility index (Phi) is 11.4. The number of ether oxygens (including phenoxy) is 2. The maximum absolute atomic E-state index is 11.7. The van der Waals surface area contributed by atoms with Crippen LogP contribution in [0, 0.1) is 0 Å². The second-order valence-electron chi connectivity index (χ2n) is 14.1. The standard InChI is InChI=1S/C45H48N4O4S/c1-4-6-7-8-12-39(11-5-2)53-43-14-10-9-13-40(43)44-42-24-21-36(48-42)28-34-18-17-32(46-34)27-33-19-20-35(47-33)29-37-30-41(45(44)49-37)31-15-22-38(23-16-31)52-25-26-54(3,50)51/h9-10,13-24,27-30,39,46,49H,4-8,11-12,25-26H2,1-3H3. The Morgan fingerprint density at radius 2 is 1.39 bits per heavy atom. The summed E-state index contributed by atoms with van der Waals surface area (Å²) in [5.74, 6) is 1.40. The van der Waals surface area contributed by atoms with E-state index in [0.717, 1.165) is 98.5 Å². The molecule has 0 aliphatic carbocycles. The molecule has 8 bridgehead atoms. The first-order chi connectivity index (χ1) is 26.2. The Morgan fingerprint density at radius 1 is 0.685 bits per heavy atom. The molecule has 278 valence electrons. The number of sulfone groups is 1. The molecule has 7 rings (SSSR count). The number of aromatic amines is 2. The van der Waals surface area contributed by atoms with E-state index in [2.05, 4.69) is 84.5 Å². The molecule has 2 aromatic carbocycles. The van der Waals surface area contributed by atoms with E-state index < -0.39 is 9.84 Å². The molecule has 0 amide bonds. The first-order valence-corrected chi connectivity index (χ1v) is 21.1. The van der Waals surface area contributed by atoms with Crippen molar-refractivity contribution < 1.29 is 17.9 Å². The van der Waals surface area contributed by atoms with E-state index in [-0.39, 0.29) is 18.5 Å². The third-order valence-corrected chi connectivity index (χ3v) is 10.6. The van der Waals surface area contributed by atoms with E-state index in [4.69, 9.17) is 19.4 Å². The molecule has 0 saturated heterocycles. The second-order valence-corrected chi connectivity index (χ2v) is 16.4. The molecule has 2 aliphatic heterocycles. The molecule has 0 saturated carbocycles. The third kappa shape index (κ3) is 9.20. The Hall–Kier alpha value is -5.41. The molecule has 54 heavy (non-hydrogen) atoms. The summed E-state index contributed by atoms with van der Waals surface area (Å²) in [4.78, 5) is 17.4. The zero-order valence-electron chi connectivity index (χ0n) is 31.3. The Labute approximate surface area is 318 Å². The van der Waals surface area contributed by atoms with E-state index in [1.165, 1.54) is 25.5 Å². The van der Waals surface area contributed by atoms with Gasteiger partial charge in [-0.1, -0.05) is 69.9 Å². The highest BCUT2D eigenvalue weighted by Gasteiger charge is 2.20. The average Bonchev–Trinajstić information content (AvgIpc) is 3.97. The fourth-order valence-corrected chi connectivity index (χ4v) is 7.37. The Bertz CT molecular complexity index is 2440. The summed E-state index contributed by atoms with van der Waals surface area (Å²) >= 11 is 0. The number of fused-ring (bicyclic) bond motifs is 8. The minimum atomic E-state index is -3.13. The van der Waals surface area contributed by atoms with E-state index in [9.17, 15) is 8.42 Å². The topological polar surface area (TPSA) is 110 Å². The molecule has 3 aromatic heterocycles. The fourth-order valence-electron chi connectivity index (χ4n) is 6.99. The normalized spacial score (nSPS) is 12.9. The lowest BCUT2D eigenvalue weighted by Gasteiger charge is -2.21. The van der Waals surface area contributed by atoms with Gasteiger partial charge in [0.15, 0.2) is 9.84 Å². The van der Waals surface area contributed by atoms with Gasteiger partial charge in [0.2, 0.25) is 0 Å². The highest BCUT2D eigenvalue weighted by molar-refractivity contribution is 7.90. The molecule has 0 radical (unpaired) electrons. The lowest BCUT2D eigenvalue weighted by molar-refractivity contribution is 0.176. The molecule has 2 N–H and O–H groups in total. The molecular weight excluding hydrogens is 693 g/mol. The Balaban J connectivity index is 1.44. The smallest absolute Gasteiger partial charge is 0.150 e. The van der Waals surface area contributed by atoms with Crippen molar-refractivity contribution in [3.05, 3.63) is 108 Å². The van der Waals surface area contributed by atoms with Crippen molar-refractivity contribution in [1.29, 1.82) is 0 Å². The van der Waals surface area contributed by atoms with Crippen LogP contribution in [0.25, 0.3) is 68.6 Å². The molecule has 5 aromatic rings. The van der Waals surface area contributed by atoms with Crippen LogP contribution in [0.4, 0.5) is 0 Å². The van der Waals surface area contributed by atoms with E-state index in [1.807, 2.05) is 48.6 Å². The predicted octanol–water partition coefficient (Wildman–Crippen LogP) is 10.9. The number of rotatable bonds is 15. The van der Waals surface area contributed by atoms with E-state index in [0.29, 0.717) is 5.75 Å². The number of benzene rings is 2. The molecular formula is C45H48N4O4S. The number of hydrogen-bond acceptors (Lipinski definition) is 6. The Morgan fingerprint density at radius 3 is 2.11 bits per heavy atom. The van der Waals surface area contributed by atoms with Crippen molar-refractivity contribution in [2.45, 2.75) is 64.9 Å². The average molecular weight is 741 g/mol. The summed E-state index contributed by atoms with van der Waals surface area (Å²) in [6.07, 6.45) is 17.3. The van der Waals surface area contributed by atoms with Crippen molar-refractivity contribution in [3.8, 4) is 33.8 Å². The van der Waals surface area contributed by atoms with Crippen LogP contribution in [0.5, 0.6) is 11.5 Å². The maximum atomic E-state index is 11.7. The van der Waals surface area contributed by atoms with Crippen LogP contribution in [-0.2, 0) is 9.84 Å². The molecule has 9 heteroatoms. The summed E-state index contributed by atoms with van der Waals surface area (Å²) in [6.45, 7) is 4.56. The van der Waals surface area contributed by atoms with Gasteiger partial charge < -0.3 is 19.4 Å². The molecule has 0 fully saturated rings. The summed E-state index contributed by atoms with van der Waals surface area (Å²) < 4.78 is 36.1. The molecule has 2 aliphatic rings. The minimum Gasteiger partial charge on any atom is -0.493 e. The van der Waals surface area contributed by atoms with Crippen LogP contribution in [-0.4, -0.2) is 53.1 Å². The first-order valence-electron chi connectivity index (χ1n) is 19.0. The number of aromatic nitrogens is 4. The molecule has 5 heterocycles. The third-order valence-electron chi connectivity index (χ3n) is 9.66. The maximum Gasteiger partial charge on any atom is 0.150 e. The number of para-hydroxylation sites is 1. The van der Waals surface area contributed by atoms with Gasteiger partial charge >= 0.3 is 0 Å². The van der Waals surface area contributed by atoms with Crippen molar-refractivity contribution >= 4 is 56.2 Å². The number of H-pyrrole nitrogens is 2. The fraction of sp³-hybridized carbons (Fsp3) is 0.289. The second kappa shape index (κ2) is 16.7. The van der Waals surface area contributed by atoms with Gasteiger partial charge in [-0.3, -0.25) is 0 Å². The van der Waals surface area contributed by atoms with Crippen molar-refractivity contribution in [3.63, 3.8) is 0 Å². The number of nitrogens with zero attached hydrogens (tertiary/aromatic N) is 2. The van der Waals surface area contributed by atoms with Crippen molar-refractivity contribution in [2.24, 2.45) is 0 Å². The molecule has 0 spiro atoms. The molecule has 1 unspecified atom stereocenters. The van der Waals surface area contributed by atoms with Crippen LogP contribution in [0.1, 0.15) is 81.6 Å². The summed E-state index contributed by atoms with van der Waals surface area (Å²) in [5.41, 5.74) is 10.9. The van der Waals surface area contributed by atoms with Gasteiger partial charge in [-0.2, -0.15) is 0 Å². The number of hydrogen-bond donors (Lipinski definition) is 2. The van der Waals surface area contributed by atoms with Crippen LogP contribution >= 0.6 is 0 Å². The van der Waals surface area contributed by atoms with Gasteiger partial charge in [0.1, 0.15) is 18.1 Å². The zero-order chi connectivity index (χ0) is 37.5. The monoisotopic (exact) mass is 740 g/mol. The quantitative estimate of drug-likeness (QED) is 0.101. The summed E-state index contributed by atoms with van der Waals surface area (Å²) in [7, 11) is -3.13. The number of nitrogens with one attached hydrogen (secondary N) is 2. The highest BCUT2D eigenvalue weighted by atomic mass is 32.2. The van der Waals surface area contributed by atoms with Crippen LogP contribution < -0.4 is 9.47 Å². The lowest BCUT2D eigenvalue weighted by atomic mass is 9.97. The first kappa shape index (κ1) is 36.9. The zero-order valence-corrected chi connectivity index (χ0v) is 32.1. The van der Waals surface area contributed by atoms with E-state index >= 15 is 0 Å². The van der Waals surface area contributed by atoms with Crippen molar-refractivity contribution in [2.75, 3.05) is 18.6 Å². The highest BCUT2D eigenvalue weighted by Crippen LogP contribution is 2.41. The SMILES string of the molecule is CCCCCCC(CCC)Oc1ccccc1-c1c2nc(cc3ccc(cc4nc(cc5cc(-c6ccc(OCCS(C)(=O)=O)cc6)c1[nH]5)C=C4)[nH]3)C=C2. The van der Waals surface area contributed by atoms with Crippen molar-refractivity contribution in [1.82, 2.24) is 19.9 Å². The lowest BCUT2D eigenvalue weighted by Crippen LogP contribution is -2.16. The van der Waals surface area contributed by atoms with Gasteiger partial charge in [-0.25, -0.2) is 18.4 Å². The summed E-state index contributed by atoms with van der Waals surface area (Å²) in [5, 5.41) is 0. The van der Waals surface area contributed by atoms with Gasteiger partial charge in [-0.05, 0) is 104 Å². The van der Waals surface area contributed by atoms with Gasteiger partial charge in [0, 0.05) is 39.5 Å². The van der Waals surface area contributed by atoms with Crippen LogP contribution in [0.15, 0.2) is 84.9 Å². The number of unbranched alkanes of at least 4 members (excludes halogenated alkanes) is 3. The minimum absolute atomic E-state index is 0.0419.